The monoisotopic (exact) mass is 257 g/mol. The largest absolute Gasteiger partial charge is 0.497 e. The van der Waals surface area contributed by atoms with E-state index in [2.05, 4.69) is 10.3 Å². The third-order valence-corrected chi connectivity index (χ3v) is 3.63. The fourth-order valence-corrected chi connectivity index (χ4v) is 2.38. The number of ether oxygens (including phenoxy) is 1. The molecule has 0 spiro atoms. The van der Waals surface area contributed by atoms with Crippen molar-refractivity contribution in [3.63, 3.8) is 0 Å². The molecule has 1 aromatic carbocycles. The number of rotatable bonds is 4. The molecule has 0 bridgehead atoms. The predicted molar refractivity (Wildman–Crippen MR) is 69.9 cm³/mol. The summed E-state index contributed by atoms with van der Waals surface area (Å²) >= 11 is 0. The van der Waals surface area contributed by atoms with Crippen LogP contribution in [0.3, 0.4) is 0 Å². The number of aromatic nitrogens is 3. The Kier molecular flexibility index (Phi) is 3.03. The van der Waals surface area contributed by atoms with Gasteiger partial charge in [0.15, 0.2) is 6.29 Å². The zero-order valence-electron chi connectivity index (χ0n) is 10.7. The van der Waals surface area contributed by atoms with Crippen LogP contribution in [0.15, 0.2) is 24.3 Å². The van der Waals surface area contributed by atoms with E-state index in [1.165, 1.54) is 6.42 Å². The second-order valence-corrected chi connectivity index (χ2v) is 4.72. The Labute approximate surface area is 111 Å². The number of carbonyl (C=O) groups excluding carboxylic acids is 1. The Morgan fingerprint density at radius 2 is 2.26 bits per heavy atom. The van der Waals surface area contributed by atoms with Gasteiger partial charge in [0.05, 0.1) is 18.5 Å². The highest BCUT2D eigenvalue weighted by molar-refractivity contribution is 5.74. The van der Waals surface area contributed by atoms with E-state index >= 15 is 0 Å². The molecule has 0 unspecified atom stereocenters. The van der Waals surface area contributed by atoms with Crippen LogP contribution in [0.25, 0.3) is 5.69 Å². The first-order valence-corrected chi connectivity index (χ1v) is 6.38. The van der Waals surface area contributed by atoms with E-state index in [4.69, 9.17) is 4.74 Å². The zero-order chi connectivity index (χ0) is 13.2. The van der Waals surface area contributed by atoms with E-state index in [1.54, 1.807) is 11.8 Å². The molecule has 1 aromatic heterocycles. The number of methoxy groups -OCH3 is 1. The van der Waals surface area contributed by atoms with Gasteiger partial charge in [-0.2, -0.15) is 0 Å². The Bertz CT molecular complexity index is 602. The molecule has 3 rings (SSSR count). The minimum atomic E-state index is 0.390. The predicted octanol–water partition coefficient (Wildman–Crippen LogP) is 2.36. The maximum atomic E-state index is 11.1. The summed E-state index contributed by atoms with van der Waals surface area (Å²) < 4.78 is 6.98. The van der Waals surface area contributed by atoms with Crippen molar-refractivity contribution in [2.45, 2.75) is 25.2 Å². The average molecular weight is 257 g/mol. The summed E-state index contributed by atoms with van der Waals surface area (Å²) in [5.41, 5.74) is 2.25. The van der Waals surface area contributed by atoms with E-state index in [-0.39, 0.29) is 0 Å². The minimum Gasteiger partial charge on any atom is -0.497 e. The Morgan fingerprint density at radius 3 is 2.89 bits per heavy atom. The second kappa shape index (κ2) is 4.84. The van der Waals surface area contributed by atoms with Crippen molar-refractivity contribution in [1.82, 2.24) is 15.0 Å². The van der Waals surface area contributed by atoms with Crippen LogP contribution < -0.4 is 4.74 Å². The van der Waals surface area contributed by atoms with E-state index < -0.39 is 0 Å². The number of hydrogen-bond donors (Lipinski definition) is 0. The third kappa shape index (κ3) is 2.01. The van der Waals surface area contributed by atoms with Crippen LogP contribution in [0, 0.1) is 0 Å². The van der Waals surface area contributed by atoms with Gasteiger partial charge in [-0.25, -0.2) is 4.68 Å². The lowest BCUT2D eigenvalue weighted by Crippen LogP contribution is -2.15. The number of aldehydes is 1. The van der Waals surface area contributed by atoms with E-state index in [9.17, 15) is 4.79 Å². The van der Waals surface area contributed by atoms with Crippen LogP contribution in [-0.2, 0) is 0 Å². The zero-order valence-corrected chi connectivity index (χ0v) is 10.7. The molecule has 98 valence electrons. The van der Waals surface area contributed by atoms with Crippen LogP contribution in [0.5, 0.6) is 5.75 Å². The van der Waals surface area contributed by atoms with Gasteiger partial charge in [0.1, 0.15) is 11.4 Å². The maximum absolute atomic E-state index is 11.1. The van der Waals surface area contributed by atoms with Crippen molar-refractivity contribution in [3.8, 4) is 11.4 Å². The number of benzene rings is 1. The van der Waals surface area contributed by atoms with Crippen molar-refractivity contribution in [2.75, 3.05) is 7.11 Å². The molecule has 0 atom stereocenters. The summed E-state index contributed by atoms with van der Waals surface area (Å²) in [6, 6.07) is 7.62. The first kappa shape index (κ1) is 11.9. The molecule has 1 aliphatic rings. The first-order chi connectivity index (χ1) is 9.33. The Balaban J connectivity index is 2.08. The number of carbonyl (C=O) groups is 1. The Morgan fingerprint density at radius 1 is 1.42 bits per heavy atom. The lowest BCUT2D eigenvalue weighted by molar-refractivity contribution is 0.111. The van der Waals surface area contributed by atoms with Gasteiger partial charge in [-0.3, -0.25) is 4.79 Å². The summed E-state index contributed by atoms with van der Waals surface area (Å²) in [5, 5.41) is 8.09. The average Bonchev–Trinajstić information content (AvgIpc) is 2.80. The summed E-state index contributed by atoms with van der Waals surface area (Å²) in [5.74, 6) is 1.15. The molecule has 19 heavy (non-hydrogen) atoms. The van der Waals surface area contributed by atoms with Crippen LogP contribution in [0.1, 0.15) is 41.4 Å². The fraction of sp³-hybridized carbons (Fsp3) is 0.357. The van der Waals surface area contributed by atoms with E-state index in [0.717, 1.165) is 36.3 Å². The molecular weight excluding hydrogens is 242 g/mol. The van der Waals surface area contributed by atoms with E-state index in [0.29, 0.717) is 11.6 Å². The minimum absolute atomic E-state index is 0.390. The molecule has 0 saturated heterocycles. The van der Waals surface area contributed by atoms with Crippen molar-refractivity contribution >= 4 is 6.29 Å². The van der Waals surface area contributed by atoms with E-state index in [1.807, 2.05) is 24.3 Å². The molecule has 0 aliphatic heterocycles. The molecule has 2 aromatic rings. The molecule has 1 saturated carbocycles. The van der Waals surface area contributed by atoms with Gasteiger partial charge >= 0.3 is 0 Å². The quantitative estimate of drug-likeness (QED) is 0.789. The molecular formula is C14H15N3O2. The SMILES string of the molecule is COc1cccc(-n2nnc(C=O)c2C2CCC2)c1. The highest BCUT2D eigenvalue weighted by Crippen LogP contribution is 2.38. The van der Waals surface area contributed by atoms with Crippen LogP contribution in [0.2, 0.25) is 0 Å². The topological polar surface area (TPSA) is 57.0 Å². The maximum Gasteiger partial charge on any atom is 0.172 e. The van der Waals surface area contributed by atoms with Gasteiger partial charge < -0.3 is 4.74 Å². The van der Waals surface area contributed by atoms with Gasteiger partial charge in [0.25, 0.3) is 0 Å². The number of nitrogens with zero attached hydrogens (tertiary/aromatic N) is 3. The fourth-order valence-electron chi connectivity index (χ4n) is 2.38. The molecule has 1 aliphatic carbocycles. The second-order valence-electron chi connectivity index (χ2n) is 4.72. The van der Waals surface area contributed by atoms with Crippen LogP contribution >= 0.6 is 0 Å². The van der Waals surface area contributed by atoms with Gasteiger partial charge in [-0.15, -0.1) is 5.10 Å². The first-order valence-electron chi connectivity index (χ1n) is 6.38. The molecule has 5 heteroatoms. The van der Waals surface area contributed by atoms with Gasteiger partial charge in [-0.1, -0.05) is 17.7 Å². The molecule has 5 nitrogen and oxygen atoms in total. The van der Waals surface area contributed by atoms with Gasteiger partial charge in [-0.05, 0) is 25.0 Å². The van der Waals surface area contributed by atoms with Crippen LogP contribution in [0.4, 0.5) is 0 Å². The lowest BCUT2D eigenvalue weighted by atomic mass is 9.82. The summed E-state index contributed by atoms with van der Waals surface area (Å²) in [6.45, 7) is 0. The normalized spacial score (nSPS) is 15.0. The molecule has 0 N–H and O–H groups in total. The van der Waals surface area contributed by atoms with Crippen molar-refractivity contribution in [2.24, 2.45) is 0 Å². The van der Waals surface area contributed by atoms with Crippen molar-refractivity contribution in [3.05, 3.63) is 35.7 Å². The van der Waals surface area contributed by atoms with Gasteiger partial charge in [0, 0.05) is 12.0 Å². The highest BCUT2D eigenvalue weighted by Gasteiger charge is 2.28. The van der Waals surface area contributed by atoms with Crippen molar-refractivity contribution in [1.29, 1.82) is 0 Å². The molecule has 0 amide bonds. The third-order valence-electron chi connectivity index (χ3n) is 3.63. The van der Waals surface area contributed by atoms with Crippen LogP contribution in [-0.4, -0.2) is 28.4 Å². The van der Waals surface area contributed by atoms with Crippen molar-refractivity contribution < 1.29 is 9.53 Å². The summed E-state index contributed by atoms with van der Waals surface area (Å²) in [6.07, 6.45) is 4.18. The smallest absolute Gasteiger partial charge is 0.172 e. The molecule has 1 heterocycles. The Hall–Kier alpha value is -2.17. The molecule has 1 fully saturated rings. The molecule has 0 radical (unpaired) electrons. The standard InChI is InChI=1S/C14H15N3O2/c1-19-12-7-3-6-11(8-12)17-14(10-4-2-5-10)13(9-18)15-16-17/h3,6-10H,2,4-5H2,1H3. The summed E-state index contributed by atoms with van der Waals surface area (Å²) in [4.78, 5) is 11.1. The van der Waals surface area contributed by atoms with Gasteiger partial charge in [0.2, 0.25) is 0 Å². The number of hydrogen-bond acceptors (Lipinski definition) is 4. The summed E-state index contributed by atoms with van der Waals surface area (Å²) in [7, 11) is 1.63. The lowest BCUT2D eigenvalue weighted by Gasteiger charge is -2.26. The highest BCUT2D eigenvalue weighted by atomic mass is 16.5.